The first-order chi connectivity index (χ1) is 12.2. The summed E-state index contributed by atoms with van der Waals surface area (Å²) in [7, 11) is 0. The van der Waals surface area contributed by atoms with Crippen LogP contribution in [0.15, 0.2) is 34.9 Å². The molecule has 1 aromatic heterocycles. The third-order valence-corrected chi connectivity index (χ3v) is 4.92. The smallest absolute Gasteiger partial charge is 0.317 e. The summed E-state index contributed by atoms with van der Waals surface area (Å²) in [6, 6.07) is 6.54. The number of rotatable bonds is 4. The Morgan fingerprint density at radius 2 is 1.96 bits per heavy atom. The van der Waals surface area contributed by atoms with E-state index < -0.39 is 0 Å². The van der Waals surface area contributed by atoms with E-state index in [-0.39, 0.29) is 11.8 Å². The Morgan fingerprint density at radius 3 is 2.64 bits per heavy atom. The largest absolute Gasteiger partial charge is 0.444 e. The Labute approximate surface area is 145 Å². The number of hydrogen-bond acceptors (Lipinski definition) is 4. The number of hydrogen-bond donors (Lipinski definition) is 1. The lowest BCUT2D eigenvalue weighted by Crippen LogP contribution is -2.45. The van der Waals surface area contributed by atoms with Gasteiger partial charge in [0.25, 0.3) is 0 Å². The normalized spacial score (nSPS) is 19.4. The molecule has 6 nitrogen and oxygen atoms in total. The van der Waals surface area contributed by atoms with Crippen LogP contribution in [0.5, 0.6) is 0 Å². The molecule has 0 atom stereocenters. The van der Waals surface area contributed by atoms with Crippen LogP contribution in [0, 0.1) is 5.82 Å². The number of amides is 2. The van der Waals surface area contributed by atoms with Crippen molar-refractivity contribution in [3.63, 3.8) is 0 Å². The number of nitrogens with zero attached hydrogens (tertiary/aromatic N) is 3. The van der Waals surface area contributed by atoms with Crippen molar-refractivity contribution < 1.29 is 13.6 Å². The Bertz CT molecular complexity index is 738. The minimum atomic E-state index is -0.273. The summed E-state index contributed by atoms with van der Waals surface area (Å²) in [6.07, 6.45) is 3.63. The van der Waals surface area contributed by atoms with E-state index in [4.69, 9.17) is 4.42 Å². The van der Waals surface area contributed by atoms with Crippen LogP contribution in [0.3, 0.4) is 0 Å². The number of likely N-dealkylation sites (tertiary alicyclic amines) is 1. The molecule has 3 heterocycles. The van der Waals surface area contributed by atoms with E-state index in [0.717, 1.165) is 56.8 Å². The van der Waals surface area contributed by atoms with Gasteiger partial charge >= 0.3 is 6.03 Å². The van der Waals surface area contributed by atoms with Crippen molar-refractivity contribution in [3.8, 4) is 11.5 Å². The Balaban J connectivity index is 1.33. The topological polar surface area (TPSA) is 61.6 Å². The molecule has 0 bridgehead atoms. The van der Waals surface area contributed by atoms with E-state index in [0.29, 0.717) is 11.9 Å². The van der Waals surface area contributed by atoms with Gasteiger partial charge in [-0.25, -0.2) is 14.2 Å². The van der Waals surface area contributed by atoms with Gasteiger partial charge in [0.2, 0.25) is 5.89 Å². The maximum absolute atomic E-state index is 13.0. The van der Waals surface area contributed by atoms with E-state index >= 15 is 0 Å². The van der Waals surface area contributed by atoms with Gasteiger partial charge in [-0.2, -0.15) is 0 Å². The summed E-state index contributed by atoms with van der Waals surface area (Å²) >= 11 is 0. The Morgan fingerprint density at radius 1 is 1.20 bits per heavy atom. The average Bonchev–Trinajstić information content (AvgIpc) is 3.26. The van der Waals surface area contributed by atoms with Crippen molar-refractivity contribution in [2.75, 3.05) is 26.2 Å². The predicted molar refractivity (Wildman–Crippen MR) is 90.3 cm³/mol. The SMILES string of the molecule is O=C1NCCN1C1CCN(Cc2coc(-c3ccc(F)cc3)n2)CC1. The number of benzene rings is 1. The average molecular weight is 344 g/mol. The maximum atomic E-state index is 13.0. The van der Waals surface area contributed by atoms with Gasteiger partial charge in [-0.05, 0) is 37.1 Å². The first-order valence-corrected chi connectivity index (χ1v) is 8.66. The number of halogens is 1. The van der Waals surface area contributed by atoms with Crippen LogP contribution in [0.2, 0.25) is 0 Å². The lowest BCUT2D eigenvalue weighted by atomic mass is 10.0. The first kappa shape index (κ1) is 16.1. The molecule has 0 unspecified atom stereocenters. The molecule has 1 aromatic carbocycles. The van der Waals surface area contributed by atoms with Gasteiger partial charge in [0.05, 0.1) is 5.69 Å². The van der Waals surface area contributed by atoms with Crippen LogP contribution in [0.4, 0.5) is 9.18 Å². The van der Waals surface area contributed by atoms with Crippen LogP contribution < -0.4 is 5.32 Å². The van der Waals surface area contributed by atoms with Gasteiger partial charge in [-0.1, -0.05) is 0 Å². The number of urea groups is 1. The molecule has 2 aliphatic rings. The number of piperidine rings is 1. The van der Waals surface area contributed by atoms with Crippen LogP contribution >= 0.6 is 0 Å². The van der Waals surface area contributed by atoms with Crippen LogP contribution in [0.1, 0.15) is 18.5 Å². The Hall–Kier alpha value is -2.41. The Kier molecular flexibility index (Phi) is 4.40. The van der Waals surface area contributed by atoms with Crippen molar-refractivity contribution in [2.45, 2.75) is 25.4 Å². The quantitative estimate of drug-likeness (QED) is 0.926. The number of carbonyl (C=O) groups is 1. The second-order valence-corrected chi connectivity index (χ2v) is 6.58. The van der Waals surface area contributed by atoms with Crippen molar-refractivity contribution in [2.24, 2.45) is 0 Å². The van der Waals surface area contributed by atoms with Crippen molar-refractivity contribution in [1.82, 2.24) is 20.1 Å². The highest BCUT2D eigenvalue weighted by atomic mass is 19.1. The molecule has 0 radical (unpaired) electrons. The molecule has 0 spiro atoms. The highest BCUT2D eigenvalue weighted by Gasteiger charge is 2.30. The van der Waals surface area contributed by atoms with Gasteiger partial charge < -0.3 is 14.6 Å². The molecule has 1 N–H and O–H groups in total. The summed E-state index contributed by atoms with van der Waals surface area (Å²) in [5, 5.41) is 2.87. The predicted octanol–water partition coefficient (Wildman–Crippen LogP) is 2.47. The molecule has 132 valence electrons. The molecule has 2 amide bonds. The van der Waals surface area contributed by atoms with Gasteiger partial charge in [-0.3, -0.25) is 4.90 Å². The lowest BCUT2D eigenvalue weighted by molar-refractivity contribution is 0.131. The fraction of sp³-hybridized carbons (Fsp3) is 0.444. The third-order valence-electron chi connectivity index (χ3n) is 4.92. The highest BCUT2D eigenvalue weighted by Crippen LogP contribution is 2.22. The maximum Gasteiger partial charge on any atom is 0.317 e. The summed E-state index contributed by atoms with van der Waals surface area (Å²) in [5.74, 6) is 0.240. The van der Waals surface area contributed by atoms with Crippen LogP contribution in [-0.4, -0.2) is 53.0 Å². The molecule has 2 aromatic rings. The van der Waals surface area contributed by atoms with Gasteiger partial charge in [-0.15, -0.1) is 0 Å². The standard InChI is InChI=1S/C18H21FN4O2/c19-14-3-1-13(2-4-14)17-21-15(12-25-17)11-22-8-5-16(6-9-22)23-10-7-20-18(23)24/h1-4,12,16H,5-11H2,(H,20,24). The molecule has 0 aliphatic carbocycles. The number of oxazole rings is 1. The van der Waals surface area contributed by atoms with Gasteiger partial charge in [0.15, 0.2) is 0 Å². The number of nitrogens with one attached hydrogen (secondary N) is 1. The molecule has 7 heteroatoms. The molecule has 4 rings (SSSR count). The van der Waals surface area contributed by atoms with Gasteiger partial charge in [0, 0.05) is 44.3 Å². The minimum absolute atomic E-state index is 0.0684. The van der Waals surface area contributed by atoms with Crippen molar-refractivity contribution >= 4 is 6.03 Å². The minimum Gasteiger partial charge on any atom is -0.444 e. The number of carbonyl (C=O) groups excluding carboxylic acids is 1. The first-order valence-electron chi connectivity index (χ1n) is 8.66. The zero-order valence-corrected chi connectivity index (χ0v) is 13.9. The lowest BCUT2D eigenvalue weighted by Gasteiger charge is -2.35. The molecule has 2 fully saturated rings. The van der Waals surface area contributed by atoms with Crippen molar-refractivity contribution in [1.29, 1.82) is 0 Å². The zero-order chi connectivity index (χ0) is 17.2. The highest BCUT2D eigenvalue weighted by molar-refractivity contribution is 5.76. The molecular weight excluding hydrogens is 323 g/mol. The van der Waals surface area contributed by atoms with E-state index in [9.17, 15) is 9.18 Å². The third kappa shape index (κ3) is 3.51. The van der Waals surface area contributed by atoms with Crippen LogP contribution in [0.25, 0.3) is 11.5 Å². The summed E-state index contributed by atoms with van der Waals surface area (Å²) in [6.45, 7) is 4.17. The van der Waals surface area contributed by atoms with Gasteiger partial charge in [0.1, 0.15) is 12.1 Å². The molecule has 0 saturated carbocycles. The monoisotopic (exact) mass is 344 g/mol. The summed E-state index contributed by atoms with van der Waals surface area (Å²) in [5.41, 5.74) is 1.64. The fourth-order valence-electron chi connectivity index (χ4n) is 3.56. The van der Waals surface area contributed by atoms with Crippen molar-refractivity contribution in [3.05, 3.63) is 42.0 Å². The fourth-order valence-corrected chi connectivity index (χ4v) is 3.56. The van der Waals surface area contributed by atoms with Crippen LogP contribution in [-0.2, 0) is 6.54 Å². The van der Waals surface area contributed by atoms with E-state index in [1.165, 1.54) is 12.1 Å². The number of aromatic nitrogens is 1. The zero-order valence-electron chi connectivity index (χ0n) is 13.9. The van der Waals surface area contributed by atoms with E-state index in [2.05, 4.69) is 15.2 Å². The second-order valence-electron chi connectivity index (χ2n) is 6.58. The van der Waals surface area contributed by atoms with E-state index in [1.807, 2.05) is 4.90 Å². The summed E-state index contributed by atoms with van der Waals surface area (Å²) < 4.78 is 18.5. The molecular formula is C18H21FN4O2. The summed E-state index contributed by atoms with van der Waals surface area (Å²) in [4.78, 5) is 20.6. The van der Waals surface area contributed by atoms with E-state index in [1.54, 1.807) is 18.4 Å². The molecule has 2 aliphatic heterocycles. The molecule has 25 heavy (non-hydrogen) atoms. The molecule has 2 saturated heterocycles. The second kappa shape index (κ2) is 6.84.